The zero-order valence-corrected chi connectivity index (χ0v) is 8.16. The van der Waals surface area contributed by atoms with Crippen molar-refractivity contribution < 1.29 is 9.84 Å². The molecule has 1 N–H and O–H groups in total. The fraction of sp³-hybridized carbons (Fsp3) is 0.455. The second-order valence-corrected chi connectivity index (χ2v) is 3.32. The van der Waals surface area contributed by atoms with Crippen LogP contribution in [0.25, 0.3) is 0 Å². The quantitative estimate of drug-likeness (QED) is 0.772. The Morgan fingerprint density at radius 1 is 1.46 bits per heavy atom. The Morgan fingerprint density at radius 2 is 2.23 bits per heavy atom. The Kier molecular flexibility index (Phi) is 3.62. The Morgan fingerprint density at radius 3 is 2.85 bits per heavy atom. The average molecular weight is 180 g/mol. The molecule has 0 saturated carbocycles. The largest absolute Gasteiger partial charge is 0.508 e. The van der Waals surface area contributed by atoms with Gasteiger partial charge in [-0.15, -0.1) is 0 Å². The highest BCUT2D eigenvalue weighted by Gasteiger charge is 2.00. The third kappa shape index (κ3) is 3.36. The molecule has 0 aromatic heterocycles. The van der Waals surface area contributed by atoms with Gasteiger partial charge in [-0.3, -0.25) is 0 Å². The van der Waals surface area contributed by atoms with Crippen LogP contribution in [0.5, 0.6) is 11.5 Å². The van der Waals surface area contributed by atoms with Crippen molar-refractivity contribution in [3.05, 3.63) is 24.3 Å². The number of hydrogen-bond acceptors (Lipinski definition) is 2. The van der Waals surface area contributed by atoms with Gasteiger partial charge < -0.3 is 9.84 Å². The zero-order chi connectivity index (χ0) is 9.68. The third-order valence-corrected chi connectivity index (χ3v) is 2.05. The van der Waals surface area contributed by atoms with E-state index in [1.165, 1.54) is 0 Å². The summed E-state index contributed by atoms with van der Waals surface area (Å²) in [6.07, 6.45) is 1.11. The minimum atomic E-state index is 0.252. The molecule has 13 heavy (non-hydrogen) atoms. The number of phenols is 1. The first kappa shape index (κ1) is 9.90. The minimum absolute atomic E-state index is 0.252. The van der Waals surface area contributed by atoms with Crippen LogP contribution in [0, 0.1) is 5.92 Å². The van der Waals surface area contributed by atoms with Crippen molar-refractivity contribution in [2.45, 2.75) is 20.3 Å². The molecule has 0 amide bonds. The lowest BCUT2D eigenvalue weighted by molar-refractivity contribution is 0.255. The number of benzene rings is 1. The van der Waals surface area contributed by atoms with Crippen molar-refractivity contribution in [3.63, 3.8) is 0 Å². The number of rotatable bonds is 4. The van der Waals surface area contributed by atoms with Gasteiger partial charge in [-0.2, -0.15) is 0 Å². The summed E-state index contributed by atoms with van der Waals surface area (Å²) < 4.78 is 5.48. The van der Waals surface area contributed by atoms with Crippen LogP contribution in [0.15, 0.2) is 24.3 Å². The van der Waals surface area contributed by atoms with E-state index in [0.717, 1.165) is 12.2 Å². The predicted octanol–water partition coefficient (Wildman–Crippen LogP) is 2.82. The normalized spacial score (nSPS) is 12.5. The summed E-state index contributed by atoms with van der Waals surface area (Å²) in [6.45, 7) is 4.99. The topological polar surface area (TPSA) is 29.5 Å². The van der Waals surface area contributed by atoms with Gasteiger partial charge in [0.1, 0.15) is 11.5 Å². The van der Waals surface area contributed by atoms with E-state index < -0.39 is 0 Å². The summed E-state index contributed by atoms with van der Waals surface area (Å²) in [4.78, 5) is 0. The zero-order valence-electron chi connectivity index (χ0n) is 8.16. The first-order chi connectivity index (χ1) is 6.22. The molecule has 72 valence electrons. The van der Waals surface area contributed by atoms with Gasteiger partial charge in [-0.05, 0) is 18.1 Å². The standard InChI is InChI=1S/C11H16O2/c1-3-9(2)8-13-11-6-4-5-10(12)7-11/h4-7,9,12H,3,8H2,1-2H3. The molecule has 0 aliphatic heterocycles. The minimum Gasteiger partial charge on any atom is -0.508 e. The van der Waals surface area contributed by atoms with Gasteiger partial charge in [0, 0.05) is 6.07 Å². The maximum atomic E-state index is 9.16. The lowest BCUT2D eigenvalue weighted by Gasteiger charge is -2.10. The molecule has 0 fully saturated rings. The average Bonchev–Trinajstić information content (AvgIpc) is 2.14. The van der Waals surface area contributed by atoms with Crippen molar-refractivity contribution in [3.8, 4) is 11.5 Å². The summed E-state index contributed by atoms with van der Waals surface area (Å²) in [6, 6.07) is 6.89. The maximum Gasteiger partial charge on any atom is 0.122 e. The molecule has 2 heteroatoms. The molecule has 0 aliphatic carbocycles. The second kappa shape index (κ2) is 4.75. The monoisotopic (exact) mass is 180 g/mol. The molecule has 0 saturated heterocycles. The summed E-state index contributed by atoms with van der Waals surface area (Å²) >= 11 is 0. The van der Waals surface area contributed by atoms with E-state index in [9.17, 15) is 0 Å². The molecule has 0 spiro atoms. The van der Waals surface area contributed by atoms with Crippen LogP contribution in [0.4, 0.5) is 0 Å². The molecule has 1 unspecified atom stereocenters. The highest BCUT2D eigenvalue weighted by molar-refractivity contribution is 5.31. The van der Waals surface area contributed by atoms with Crippen molar-refractivity contribution in [2.24, 2.45) is 5.92 Å². The van der Waals surface area contributed by atoms with Gasteiger partial charge in [-0.25, -0.2) is 0 Å². The molecule has 0 radical (unpaired) electrons. The van der Waals surface area contributed by atoms with E-state index in [4.69, 9.17) is 9.84 Å². The highest BCUT2D eigenvalue weighted by atomic mass is 16.5. The van der Waals surface area contributed by atoms with E-state index in [1.807, 2.05) is 6.07 Å². The van der Waals surface area contributed by atoms with E-state index >= 15 is 0 Å². The van der Waals surface area contributed by atoms with Crippen LogP contribution in [-0.4, -0.2) is 11.7 Å². The third-order valence-electron chi connectivity index (χ3n) is 2.05. The molecule has 1 atom stereocenters. The van der Waals surface area contributed by atoms with Crippen LogP contribution in [-0.2, 0) is 0 Å². The SMILES string of the molecule is CCC(C)COc1cccc(O)c1. The Hall–Kier alpha value is -1.18. The van der Waals surface area contributed by atoms with Crippen molar-refractivity contribution >= 4 is 0 Å². The molecular weight excluding hydrogens is 164 g/mol. The van der Waals surface area contributed by atoms with Gasteiger partial charge >= 0.3 is 0 Å². The lowest BCUT2D eigenvalue weighted by atomic mass is 10.1. The van der Waals surface area contributed by atoms with E-state index in [1.54, 1.807) is 18.2 Å². The van der Waals surface area contributed by atoms with Gasteiger partial charge in [0.15, 0.2) is 0 Å². The van der Waals surface area contributed by atoms with Gasteiger partial charge in [0.05, 0.1) is 6.61 Å². The Balaban J connectivity index is 2.45. The Labute approximate surface area is 79.2 Å². The lowest BCUT2D eigenvalue weighted by Crippen LogP contribution is -2.06. The van der Waals surface area contributed by atoms with Gasteiger partial charge in [0.25, 0.3) is 0 Å². The van der Waals surface area contributed by atoms with E-state index in [0.29, 0.717) is 12.5 Å². The van der Waals surface area contributed by atoms with Gasteiger partial charge in [-0.1, -0.05) is 26.3 Å². The maximum absolute atomic E-state index is 9.16. The Bertz CT molecular complexity index is 258. The number of phenolic OH excluding ortho intramolecular Hbond substituents is 1. The summed E-state index contributed by atoms with van der Waals surface area (Å²) in [5.41, 5.74) is 0. The van der Waals surface area contributed by atoms with Crippen molar-refractivity contribution in [1.82, 2.24) is 0 Å². The van der Waals surface area contributed by atoms with Crippen LogP contribution in [0.1, 0.15) is 20.3 Å². The number of ether oxygens (including phenoxy) is 1. The smallest absolute Gasteiger partial charge is 0.122 e. The fourth-order valence-electron chi connectivity index (χ4n) is 0.930. The van der Waals surface area contributed by atoms with Crippen molar-refractivity contribution in [2.75, 3.05) is 6.61 Å². The predicted molar refractivity (Wildman–Crippen MR) is 53.1 cm³/mol. The summed E-state index contributed by atoms with van der Waals surface area (Å²) in [5, 5.41) is 9.16. The molecular formula is C11H16O2. The summed E-state index contributed by atoms with van der Waals surface area (Å²) in [7, 11) is 0. The molecule has 1 aromatic rings. The van der Waals surface area contributed by atoms with Crippen LogP contribution >= 0.6 is 0 Å². The molecule has 2 nitrogen and oxygen atoms in total. The highest BCUT2D eigenvalue weighted by Crippen LogP contribution is 2.18. The number of aromatic hydroxyl groups is 1. The van der Waals surface area contributed by atoms with Crippen LogP contribution in [0.2, 0.25) is 0 Å². The van der Waals surface area contributed by atoms with E-state index in [2.05, 4.69) is 13.8 Å². The molecule has 0 aliphatic rings. The number of hydrogen-bond donors (Lipinski definition) is 1. The molecule has 1 rings (SSSR count). The van der Waals surface area contributed by atoms with Gasteiger partial charge in [0.2, 0.25) is 0 Å². The van der Waals surface area contributed by atoms with E-state index in [-0.39, 0.29) is 5.75 Å². The first-order valence-corrected chi connectivity index (χ1v) is 4.64. The molecule has 0 bridgehead atoms. The van der Waals surface area contributed by atoms with Crippen LogP contribution < -0.4 is 4.74 Å². The van der Waals surface area contributed by atoms with Crippen molar-refractivity contribution in [1.29, 1.82) is 0 Å². The molecule has 1 aromatic carbocycles. The van der Waals surface area contributed by atoms with Crippen LogP contribution in [0.3, 0.4) is 0 Å². The summed E-state index contributed by atoms with van der Waals surface area (Å²) in [5.74, 6) is 1.55. The molecule has 0 heterocycles. The fourth-order valence-corrected chi connectivity index (χ4v) is 0.930. The second-order valence-electron chi connectivity index (χ2n) is 3.32. The first-order valence-electron chi connectivity index (χ1n) is 4.64.